The Bertz CT molecular complexity index is 387. The molecule has 0 radical (unpaired) electrons. The molecule has 4 heteroatoms. The molecule has 102 valence electrons. The molecular weight excluding hydrogens is 308 g/mol. The molecule has 1 saturated heterocycles. The molecule has 0 amide bonds. The van der Waals surface area contributed by atoms with Gasteiger partial charge in [0.2, 0.25) is 0 Å². The van der Waals surface area contributed by atoms with E-state index in [1.54, 1.807) is 0 Å². The molecule has 0 spiro atoms. The number of thiophene rings is 1. The van der Waals surface area contributed by atoms with Crippen LogP contribution in [0.3, 0.4) is 0 Å². The number of rotatable bonds is 4. The highest BCUT2D eigenvalue weighted by molar-refractivity contribution is 9.10. The van der Waals surface area contributed by atoms with Crippen molar-refractivity contribution in [3.63, 3.8) is 0 Å². The Morgan fingerprint density at radius 1 is 1.50 bits per heavy atom. The molecule has 2 nitrogen and oxygen atoms in total. The fraction of sp³-hybridized carbons (Fsp3) is 0.714. The second-order valence-electron chi connectivity index (χ2n) is 5.29. The zero-order chi connectivity index (χ0) is 13.2. The molecule has 1 aliphatic heterocycles. The first kappa shape index (κ1) is 14.5. The summed E-state index contributed by atoms with van der Waals surface area (Å²) in [6.07, 6.45) is 2.43. The van der Waals surface area contributed by atoms with Gasteiger partial charge < -0.3 is 5.32 Å². The molecule has 1 atom stereocenters. The molecule has 1 unspecified atom stereocenters. The third kappa shape index (κ3) is 2.82. The molecule has 0 aliphatic carbocycles. The number of hydrogen-bond acceptors (Lipinski definition) is 3. The summed E-state index contributed by atoms with van der Waals surface area (Å²) in [5, 5.41) is 5.82. The average Bonchev–Trinajstić information content (AvgIpc) is 2.76. The first-order valence-corrected chi connectivity index (χ1v) is 8.49. The van der Waals surface area contributed by atoms with Crippen LogP contribution in [0.2, 0.25) is 0 Å². The predicted molar refractivity (Wildman–Crippen MR) is 83.2 cm³/mol. The maximum atomic E-state index is 3.66. The van der Waals surface area contributed by atoms with Crippen LogP contribution in [0.25, 0.3) is 0 Å². The van der Waals surface area contributed by atoms with Gasteiger partial charge in [-0.2, -0.15) is 0 Å². The van der Waals surface area contributed by atoms with Gasteiger partial charge in [0.25, 0.3) is 0 Å². The van der Waals surface area contributed by atoms with Gasteiger partial charge in [-0.05, 0) is 47.1 Å². The molecular formula is C14H23BrN2S. The Hall–Kier alpha value is 0.100. The van der Waals surface area contributed by atoms with Crippen LogP contribution in [0.15, 0.2) is 15.9 Å². The van der Waals surface area contributed by atoms with E-state index < -0.39 is 0 Å². The van der Waals surface area contributed by atoms with Crippen molar-refractivity contribution in [2.75, 3.05) is 13.1 Å². The highest BCUT2D eigenvalue weighted by Gasteiger charge is 2.37. The summed E-state index contributed by atoms with van der Waals surface area (Å²) in [7, 11) is 0. The SMILES string of the molecule is CCC1(CC)CNC(C)CN1Cc1sccc1Br. The van der Waals surface area contributed by atoms with E-state index in [2.05, 4.69) is 58.4 Å². The molecule has 2 rings (SSSR count). The van der Waals surface area contributed by atoms with Gasteiger partial charge in [0.1, 0.15) is 0 Å². The van der Waals surface area contributed by atoms with Gasteiger partial charge in [-0.15, -0.1) is 11.3 Å². The molecule has 18 heavy (non-hydrogen) atoms. The minimum Gasteiger partial charge on any atom is -0.311 e. The third-order valence-corrected chi connectivity index (χ3v) is 6.20. The smallest absolute Gasteiger partial charge is 0.0346 e. The number of nitrogens with one attached hydrogen (secondary N) is 1. The van der Waals surface area contributed by atoms with Crippen molar-refractivity contribution in [1.82, 2.24) is 10.2 Å². The van der Waals surface area contributed by atoms with Crippen LogP contribution in [0, 0.1) is 0 Å². The largest absolute Gasteiger partial charge is 0.311 e. The number of halogens is 1. The minimum atomic E-state index is 0.329. The van der Waals surface area contributed by atoms with Crippen molar-refractivity contribution < 1.29 is 0 Å². The molecule has 1 aromatic heterocycles. The highest BCUT2D eigenvalue weighted by Crippen LogP contribution is 2.32. The fourth-order valence-electron chi connectivity index (χ4n) is 2.86. The van der Waals surface area contributed by atoms with Gasteiger partial charge in [0, 0.05) is 40.6 Å². The van der Waals surface area contributed by atoms with Gasteiger partial charge in [-0.25, -0.2) is 0 Å². The van der Waals surface area contributed by atoms with Crippen LogP contribution in [0.5, 0.6) is 0 Å². The Morgan fingerprint density at radius 2 is 2.22 bits per heavy atom. The standard InChI is InChI=1S/C14H23BrN2S/c1-4-14(5-2)10-16-11(3)8-17(14)9-13-12(15)6-7-18-13/h6-7,11,16H,4-5,8-10H2,1-3H3. The van der Waals surface area contributed by atoms with Gasteiger partial charge in [0.05, 0.1) is 0 Å². The fourth-order valence-corrected chi connectivity index (χ4v) is 4.35. The van der Waals surface area contributed by atoms with Crippen LogP contribution in [0.1, 0.15) is 38.5 Å². The van der Waals surface area contributed by atoms with Gasteiger partial charge in [-0.1, -0.05) is 13.8 Å². The highest BCUT2D eigenvalue weighted by atomic mass is 79.9. The predicted octanol–water partition coefficient (Wildman–Crippen LogP) is 3.86. The van der Waals surface area contributed by atoms with Crippen LogP contribution >= 0.6 is 27.3 Å². The Balaban J connectivity index is 2.18. The van der Waals surface area contributed by atoms with E-state index in [9.17, 15) is 0 Å². The number of piperazine rings is 1. The van der Waals surface area contributed by atoms with E-state index in [-0.39, 0.29) is 0 Å². The summed E-state index contributed by atoms with van der Waals surface area (Å²) >= 11 is 5.51. The van der Waals surface area contributed by atoms with E-state index >= 15 is 0 Å². The summed E-state index contributed by atoms with van der Waals surface area (Å²) in [6.45, 7) is 10.3. The molecule has 0 saturated carbocycles. The van der Waals surface area contributed by atoms with Crippen molar-refractivity contribution in [3.8, 4) is 0 Å². The Morgan fingerprint density at radius 3 is 2.78 bits per heavy atom. The Labute approximate surface area is 123 Å². The van der Waals surface area contributed by atoms with E-state index in [0.29, 0.717) is 11.6 Å². The van der Waals surface area contributed by atoms with Gasteiger partial charge >= 0.3 is 0 Å². The molecule has 2 heterocycles. The molecule has 1 aromatic rings. The molecule has 1 fully saturated rings. The zero-order valence-corrected chi connectivity index (χ0v) is 13.9. The van der Waals surface area contributed by atoms with Gasteiger partial charge in [0.15, 0.2) is 0 Å². The van der Waals surface area contributed by atoms with E-state index in [1.165, 1.54) is 22.2 Å². The summed E-state index contributed by atoms with van der Waals surface area (Å²) in [5.41, 5.74) is 0.329. The lowest BCUT2D eigenvalue weighted by atomic mass is 9.87. The van der Waals surface area contributed by atoms with E-state index in [4.69, 9.17) is 0 Å². The monoisotopic (exact) mass is 330 g/mol. The number of nitrogens with zero attached hydrogens (tertiary/aromatic N) is 1. The van der Waals surface area contributed by atoms with E-state index in [0.717, 1.165) is 19.6 Å². The lowest BCUT2D eigenvalue weighted by Crippen LogP contribution is -2.63. The summed E-state index contributed by atoms with van der Waals surface area (Å²) in [4.78, 5) is 4.14. The van der Waals surface area contributed by atoms with Crippen molar-refractivity contribution in [1.29, 1.82) is 0 Å². The van der Waals surface area contributed by atoms with Crippen LogP contribution in [-0.2, 0) is 6.54 Å². The van der Waals surface area contributed by atoms with Crippen molar-refractivity contribution in [2.24, 2.45) is 0 Å². The normalized spacial score (nSPS) is 24.3. The van der Waals surface area contributed by atoms with Crippen LogP contribution in [0.4, 0.5) is 0 Å². The summed E-state index contributed by atoms with van der Waals surface area (Å²) < 4.78 is 1.26. The quantitative estimate of drug-likeness (QED) is 0.901. The molecule has 0 bridgehead atoms. The Kier molecular flexibility index (Phi) is 4.86. The molecule has 1 N–H and O–H groups in total. The van der Waals surface area contributed by atoms with Gasteiger partial charge in [-0.3, -0.25) is 4.90 Å². The first-order valence-electron chi connectivity index (χ1n) is 6.81. The lowest BCUT2D eigenvalue weighted by Gasteiger charge is -2.49. The summed E-state index contributed by atoms with van der Waals surface area (Å²) in [6, 6.07) is 2.75. The van der Waals surface area contributed by atoms with E-state index in [1.807, 2.05) is 11.3 Å². The lowest BCUT2D eigenvalue weighted by molar-refractivity contribution is 0.0285. The minimum absolute atomic E-state index is 0.329. The van der Waals surface area contributed by atoms with Crippen molar-refractivity contribution in [3.05, 3.63) is 20.8 Å². The zero-order valence-electron chi connectivity index (χ0n) is 11.5. The first-order chi connectivity index (χ1) is 8.61. The topological polar surface area (TPSA) is 15.3 Å². The second kappa shape index (κ2) is 6.04. The molecule has 1 aliphatic rings. The second-order valence-corrected chi connectivity index (χ2v) is 7.14. The van der Waals surface area contributed by atoms with Crippen molar-refractivity contribution in [2.45, 2.75) is 51.7 Å². The maximum absolute atomic E-state index is 3.66. The van der Waals surface area contributed by atoms with Crippen LogP contribution < -0.4 is 5.32 Å². The third-order valence-electron chi connectivity index (χ3n) is 4.29. The maximum Gasteiger partial charge on any atom is 0.0346 e. The number of hydrogen-bond donors (Lipinski definition) is 1. The summed E-state index contributed by atoms with van der Waals surface area (Å²) in [5.74, 6) is 0. The average molecular weight is 331 g/mol. The molecule has 0 aromatic carbocycles. The van der Waals surface area contributed by atoms with Crippen LogP contribution in [-0.4, -0.2) is 29.6 Å². The van der Waals surface area contributed by atoms with Crippen molar-refractivity contribution >= 4 is 27.3 Å².